The number of carbonyl (C=O) groups is 1. The highest BCUT2D eigenvalue weighted by Gasteiger charge is 2.20. The van der Waals surface area contributed by atoms with E-state index in [1.807, 2.05) is 44.2 Å². The van der Waals surface area contributed by atoms with Crippen molar-refractivity contribution in [3.63, 3.8) is 0 Å². The number of hydrogen-bond donors (Lipinski definition) is 1. The van der Waals surface area contributed by atoms with E-state index in [0.717, 1.165) is 18.5 Å². The molecule has 0 fully saturated rings. The molecule has 7 heteroatoms. The first-order valence-corrected chi connectivity index (χ1v) is 11.2. The molecule has 1 amide bonds. The molecule has 2 aromatic carbocycles. The minimum atomic E-state index is -0.302. The number of nitrogens with one attached hydrogen (secondary N) is 1. The summed E-state index contributed by atoms with van der Waals surface area (Å²) < 4.78 is 1.68. The van der Waals surface area contributed by atoms with Gasteiger partial charge in [0.25, 0.3) is 0 Å². The first-order valence-electron chi connectivity index (χ1n) is 10.3. The van der Waals surface area contributed by atoms with Crippen molar-refractivity contribution < 1.29 is 4.79 Å². The molecule has 30 heavy (non-hydrogen) atoms. The number of benzene rings is 2. The predicted octanol–water partition coefficient (Wildman–Crippen LogP) is 4.40. The number of carbonyl (C=O) groups excluding carboxylic acids is 1. The van der Waals surface area contributed by atoms with Crippen LogP contribution in [0.4, 0.5) is 0 Å². The lowest BCUT2D eigenvalue weighted by Gasteiger charge is -2.17. The van der Waals surface area contributed by atoms with E-state index in [4.69, 9.17) is 0 Å². The molecule has 1 N–H and O–H groups in total. The van der Waals surface area contributed by atoms with Gasteiger partial charge in [-0.15, -0.1) is 5.10 Å². The quantitative estimate of drug-likeness (QED) is 0.516. The maximum atomic E-state index is 12.6. The standard InChI is InChI=1S/C23H29N5OS/c1-16(2)20-12-14-21(15-13-20)28-23(25-26-27-28)30-18(4)22(29)24-17(3)10-11-19-8-6-5-7-9-19/h5-9,12-18H,10-11H2,1-4H3,(H,24,29)/t17-,18+/m1/s1. The number of thioether (sulfide) groups is 1. The molecule has 0 unspecified atom stereocenters. The second-order valence-electron chi connectivity index (χ2n) is 7.81. The van der Waals surface area contributed by atoms with Gasteiger partial charge in [0.05, 0.1) is 10.9 Å². The third kappa shape index (κ3) is 5.92. The zero-order valence-corrected chi connectivity index (χ0v) is 18.8. The third-order valence-corrected chi connectivity index (χ3v) is 6.03. The van der Waals surface area contributed by atoms with E-state index in [9.17, 15) is 4.79 Å². The van der Waals surface area contributed by atoms with Crippen LogP contribution in [-0.2, 0) is 11.2 Å². The summed E-state index contributed by atoms with van der Waals surface area (Å²) in [5.41, 5.74) is 3.43. The molecule has 0 aliphatic heterocycles. The molecule has 3 rings (SSSR count). The second-order valence-corrected chi connectivity index (χ2v) is 9.12. The zero-order chi connectivity index (χ0) is 21.5. The molecular formula is C23H29N5OS. The molecule has 2 atom stereocenters. The predicted molar refractivity (Wildman–Crippen MR) is 121 cm³/mol. The number of tetrazole rings is 1. The van der Waals surface area contributed by atoms with Gasteiger partial charge in [0.1, 0.15) is 0 Å². The van der Waals surface area contributed by atoms with E-state index >= 15 is 0 Å². The Balaban J connectivity index is 1.56. The highest BCUT2D eigenvalue weighted by atomic mass is 32.2. The van der Waals surface area contributed by atoms with Crippen molar-refractivity contribution in [3.8, 4) is 5.69 Å². The molecule has 3 aromatic rings. The van der Waals surface area contributed by atoms with Gasteiger partial charge in [-0.1, -0.05) is 68.1 Å². The van der Waals surface area contributed by atoms with Gasteiger partial charge in [-0.3, -0.25) is 4.79 Å². The van der Waals surface area contributed by atoms with Gasteiger partial charge < -0.3 is 5.32 Å². The molecular weight excluding hydrogens is 394 g/mol. The smallest absolute Gasteiger partial charge is 0.233 e. The Kier molecular flexibility index (Phi) is 7.63. The highest BCUT2D eigenvalue weighted by Crippen LogP contribution is 2.24. The van der Waals surface area contributed by atoms with Crippen molar-refractivity contribution in [2.24, 2.45) is 0 Å². The Bertz CT molecular complexity index is 940. The van der Waals surface area contributed by atoms with Gasteiger partial charge in [0.2, 0.25) is 11.1 Å². The van der Waals surface area contributed by atoms with Crippen molar-refractivity contribution in [1.82, 2.24) is 25.5 Å². The van der Waals surface area contributed by atoms with Gasteiger partial charge in [-0.05, 0) is 66.3 Å². The van der Waals surface area contributed by atoms with E-state index in [1.165, 1.54) is 22.9 Å². The first-order chi connectivity index (χ1) is 14.4. The monoisotopic (exact) mass is 423 g/mol. The lowest BCUT2D eigenvalue weighted by molar-refractivity contribution is -0.120. The molecule has 0 radical (unpaired) electrons. The normalized spacial score (nSPS) is 13.2. The molecule has 0 saturated heterocycles. The van der Waals surface area contributed by atoms with Crippen molar-refractivity contribution in [1.29, 1.82) is 0 Å². The van der Waals surface area contributed by atoms with Crippen LogP contribution >= 0.6 is 11.8 Å². The summed E-state index contributed by atoms with van der Waals surface area (Å²) in [6, 6.07) is 18.6. The molecule has 6 nitrogen and oxygen atoms in total. The topological polar surface area (TPSA) is 72.7 Å². The van der Waals surface area contributed by atoms with Gasteiger partial charge in [-0.25, -0.2) is 0 Å². The average Bonchev–Trinajstić information content (AvgIpc) is 3.21. The van der Waals surface area contributed by atoms with Crippen LogP contribution in [0.25, 0.3) is 5.69 Å². The Morgan fingerprint density at radius 3 is 2.40 bits per heavy atom. The Labute approximate surface area is 182 Å². The summed E-state index contributed by atoms with van der Waals surface area (Å²) in [6.45, 7) is 8.24. The van der Waals surface area contributed by atoms with Crippen molar-refractivity contribution in [2.75, 3.05) is 0 Å². The fourth-order valence-corrected chi connectivity index (χ4v) is 3.90. The Morgan fingerprint density at radius 2 is 1.73 bits per heavy atom. The maximum Gasteiger partial charge on any atom is 0.233 e. The molecule has 0 saturated carbocycles. The zero-order valence-electron chi connectivity index (χ0n) is 17.9. The number of hydrogen-bond acceptors (Lipinski definition) is 5. The van der Waals surface area contributed by atoms with Crippen LogP contribution in [0.15, 0.2) is 59.8 Å². The molecule has 0 spiro atoms. The van der Waals surface area contributed by atoms with Crippen LogP contribution in [0.5, 0.6) is 0 Å². The fourth-order valence-electron chi connectivity index (χ4n) is 3.09. The van der Waals surface area contributed by atoms with Crippen LogP contribution in [-0.4, -0.2) is 37.4 Å². The third-order valence-electron chi connectivity index (χ3n) is 4.99. The van der Waals surface area contributed by atoms with Crippen molar-refractivity contribution >= 4 is 17.7 Å². The minimum Gasteiger partial charge on any atom is -0.353 e. The summed E-state index contributed by atoms with van der Waals surface area (Å²) in [5, 5.41) is 15.4. The number of aryl methyl sites for hydroxylation is 1. The molecule has 1 heterocycles. The highest BCUT2D eigenvalue weighted by molar-refractivity contribution is 8.00. The maximum absolute atomic E-state index is 12.6. The van der Waals surface area contributed by atoms with Gasteiger partial charge in [0.15, 0.2) is 0 Å². The molecule has 1 aromatic heterocycles. The fraction of sp³-hybridized carbons (Fsp3) is 0.391. The van der Waals surface area contributed by atoms with E-state index in [-0.39, 0.29) is 17.2 Å². The summed E-state index contributed by atoms with van der Waals surface area (Å²) in [6.07, 6.45) is 1.83. The van der Waals surface area contributed by atoms with E-state index < -0.39 is 0 Å². The summed E-state index contributed by atoms with van der Waals surface area (Å²) in [4.78, 5) is 12.6. The summed E-state index contributed by atoms with van der Waals surface area (Å²) in [5.74, 6) is 0.458. The number of nitrogens with zero attached hydrogens (tertiary/aromatic N) is 4. The van der Waals surface area contributed by atoms with Crippen LogP contribution in [0.3, 0.4) is 0 Å². The van der Waals surface area contributed by atoms with Crippen molar-refractivity contribution in [2.45, 2.75) is 62.9 Å². The van der Waals surface area contributed by atoms with Crippen molar-refractivity contribution in [3.05, 3.63) is 65.7 Å². The van der Waals surface area contributed by atoms with Crippen LogP contribution in [0.2, 0.25) is 0 Å². The SMILES string of the molecule is CC(C)c1ccc(-n2nnnc2S[C@@H](C)C(=O)N[C@H](C)CCc2ccccc2)cc1. The lowest BCUT2D eigenvalue weighted by atomic mass is 10.0. The van der Waals surface area contributed by atoms with E-state index in [2.05, 4.69) is 59.0 Å². The summed E-state index contributed by atoms with van der Waals surface area (Å²) >= 11 is 1.36. The number of amides is 1. The number of aromatic nitrogens is 4. The summed E-state index contributed by atoms with van der Waals surface area (Å²) in [7, 11) is 0. The van der Waals surface area contributed by atoms with Gasteiger partial charge in [0, 0.05) is 6.04 Å². The van der Waals surface area contributed by atoms with E-state index in [0.29, 0.717) is 11.1 Å². The van der Waals surface area contributed by atoms with Gasteiger partial charge >= 0.3 is 0 Å². The molecule has 0 bridgehead atoms. The van der Waals surface area contributed by atoms with Crippen LogP contribution in [0.1, 0.15) is 51.2 Å². The first kappa shape index (κ1) is 22.0. The second kappa shape index (κ2) is 10.4. The molecule has 0 aliphatic rings. The molecule has 158 valence electrons. The number of rotatable bonds is 9. The van der Waals surface area contributed by atoms with Crippen LogP contribution in [0, 0.1) is 0 Å². The molecule has 0 aliphatic carbocycles. The van der Waals surface area contributed by atoms with Gasteiger partial charge in [-0.2, -0.15) is 4.68 Å². The van der Waals surface area contributed by atoms with E-state index in [1.54, 1.807) is 4.68 Å². The van der Waals surface area contributed by atoms with Crippen LogP contribution < -0.4 is 5.32 Å². The Morgan fingerprint density at radius 1 is 1.03 bits per heavy atom. The Hall–Kier alpha value is -2.67. The largest absolute Gasteiger partial charge is 0.353 e. The average molecular weight is 424 g/mol. The lowest BCUT2D eigenvalue weighted by Crippen LogP contribution is -2.38. The minimum absolute atomic E-state index is 0.00901.